The predicted molar refractivity (Wildman–Crippen MR) is 111 cm³/mol. The molecule has 0 aromatic heterocycles. The quantitative estimate of drug-likeness (QED) is 0.462. The zero-order chi connectivity index (χ0) is 18.9. The van der Waals surface area contributed by atoms with Gasteiger partial charge in [0.2, 0.25) is 0 Å². The topological polar surface area (TPSA) is 37.4 Å². The molecule has 0 spiro atoms. The standard InChI is InChI=1S/C23H19NO2S/c1-18-11-15-23(16-12-18)27(25,26)24(21-9-3-2-4-10-21)22-14-13-19-7-5-6-8-20(19)17-22/h2-17H,1H3. The van der Waals surface area contributed by atoms with Gasteiger partial charge in [-0.15, -0.1) is 0 Å². The van der Waals surface area contributed by atoms with Crippen LogP contribution in [0.15, 0.2) is 102 Å². The van der Waals surface area contributed by atoms with Crippen LogP contribution < -0.4 is 4.31 Å². The Bertz CT molecular complexity index is 1180. The zero-order valence-corrected chi connectivity index (χ0v) is 15.7. The molecule has 0 amide bonds. The van der Waals surface area contributed by atoms with Gasteiger partial charge in [0, 0.05) is 0 Å². The highest BCUT2D eigenvalue weighted by atomic mass is 32.2. The average Bonchev–Trinajstić information content (AvgIpc) is 2.69. The van der Waals surface area contributed by atoms with Gasteiger partial charge >= 0.3 is 0 Å². The molecule has 0 aliphatic carbocycles. The van der Waals surface area contributed by atoms with E-state index in [9.17, 15) is 8.42 Å². The molecule has 0 unspecified atom stereocenters. The van der Waals surface area contributed by atoms with Crippen LogP contribution >= 0.6 is 0 Å². The van der Waals surface area contributed by atoms with E-state index < -0.39 is 10.0 Å². The highest BCUT2D eigenvalue weighted by Gasteiger charge is 2.26. The van der Waals surface area contributed by atoms with E-state index in [4.69, 9.17) is 0 Å². The maximum absolute atomic E-state index is 13.5. The third kappa shape index (κ3) is 3.32. The smallest absolute Gasteiger partial charge is 0.234 e. The summed E-state index contributed by atoms with van der Waals surface area (Å²) < 4.78 is 28.4. The molecule has 0 saturated heterocycles. The Balaban J connectivity index is 1.92. The molecule has 4 heteroatoms. The van der Waals surface area contributed by atoms with E-state index in [1.807, 2.05) is 79.7 Å². The molecule has 0 fully saturated rings. The number of fused-ring (bicyclic) bond motifs is 1. The number of nitrogens with zero attached hydrogens (tertiary/aromatic N) is 1. The normalized spacial score (nSPS) is 11.4. The van der Waals surface area contributed by atoms with Crippen LogP contribution in [-0.2, 0) is 10.0 Å². The summed E-state index contributed by atoms with van der Waals surface area (Å²) in [5.74, 6) is 0. The van der Waals surface area contributed by atoms with Gasteiger partial charge in [0.1, 0.15) is 0 Å². The number of aryl methyl sites for hydroxylation is 1. The minimum Gasteiger partial charge on any atom is -0.234 e. The van der Waals surface area contributed by atoms with Crippen molar-refractivity contribution in [1.82, 2.24) is 0 Å². The Kier molecular flexibility index (Phi) is 4.42. The maximum atomic E-state index is 13.5. The summed E-state index contributed by atoms with van der Waals surface area (Å²) in [6.45, 7) is 1.94. The van der Waals surface area contributed by atoms with Crippen molar-refractivity contribution in [3.8, 4) is 0 Å². The minimum atomic E-state index is -3.76. The largest absolute Gasteiger partial charge is 0.268 e. The van der Waals surface area contributed by atoms with E-state index in [1.54, 1.807) is 24.3 Å². The summed E-state index contributed by atoms with van der Waals surface area (Å²) in [4.78, 5) is 0.269. The Morgan fingerprint density at radius 2 is 1.26 bits per heavy atom. The molecule has 0 bridgehead atoms. The molecular formula is C23H19NO2S. The van der Waals surface area contributed by atoms with Gasteiger partial charge in [-0.3, -0.25) is 0 Å². The van der Waals surface area contributed by atoms with E-state index >= 15 is 0 Å². The van der Waals surface area contributed by atoms with Crippen molar-refractivity contribution in [2.24, 2.45) is 0 Å². The molecule has 27 heavy (non-hydrogen) atoms. The number of rotatable bonds is 4. The summed E-state index contributed by atoms with van der Waals surface area (Å²) in [7, 11) is -3.76. The molecule has 4 rings (SSSR count). The predicted octanol–water partition coefficient (Wildman–Crippen LogP) is 5.68. The van der Waals surface area contributed by atoms with Crippen LogP contribution in [0.25, 0.3) is 10.8 Å². The fourth-order valence-electron chi connectivity index (χ4n) is 3.11. The van der Waals surface area contributed by atoms with Crippen LogP contribution in [0.1, 0.15) is 5.56 Å². The first-order valence-electron chi connectivity index (χ1n) is 8.71. The van der Waals surface area contributed by atoms with E-state index in [0.717, 1.165) is 16.3 Å². The van der Waals surface area contributed by atoms with Crippen LogP contribution in [0, 0.1) is 6.92 Å². The van der Waals surface area contributed by atoms with E-state index in [2.05, 4.69) is 0 Å². The summed E-state index contributed by atoms with van der Waals surface area (Å²) in [5.41, 5.74) is 2.24. The summed E-state index contributed by atoms with van der Waals surface area (Å²) >= 11 is 0. The molecular weight excluding hydrogens is 354 g/mol. The lowest BCUT2D eigenvalue weighted by Crippen LogP contribution is -2.26. The molecule has 134 valence electrons. The lowest BCUT2D eigenvalue weighted by molar-refractivity contribution is 0.596. The van der Waals surface area contributed by atoms with Gasteiger partial charge in [0.05, 0.1) is 16.3 Å². The number of anilines is 2. The molecule has 0 saturated carbocycles. The number of para-hydroxylation sites is 1. The van der Waals surface area contributed by atoms with Gasteiger partial charge in [0.15, 0.2) is 0 Å². The average molecular weight is 373 g/mol. The molecule has 0 radical (unpaired) electrons. The van der Waals surface area contributed by atoms with Crippen molar-refractivity contribution in [2.75, 3.05) is 4.31 Å². The van der Waals surface area contributed by atoms with Crippen LogP contribution in [0.3, 0.4) is 0 Å². The summed E-state index contributed by atoms with van der Waals surface area (Å²) in [6, 6.07) is 29.7. The first-order chi connectivity index (χ1) is 13.1. The third-order valence-corrected chi connectivity index (χ3v) is 6.29. The minimum absolute atomic E-state index is 0.269. The first-order valence-corrected chi connectivity index (χ1v) is 10.2. The molecule has 0 heterocycles. The second-order valence-corrected chi connectivity index (χ2v) is 8.24. The second-order valence-electron chi connectivity index (χ2n) is 6.45. The SMILES string of the molecule is Cc1ccc(S(=O)(=O)N(c2ccccc2)c2ccc3ccccc3c2)cc1. The van der Waals surface area contributed by atoms with E-state index in [0.29, 0.717) is 11.4 Å². The molecule has 0 atom stereocenters. The maximum Gasteiger partial charge on any atom is 0.268 e. The number of hydrogen-bond donors (Lipinski definition) is 0. The highest BCUT2D eigenvalue weighted by molar-refractivity contribution is 7.93. The van der Waals surface area contributed by atoms with Crippen LogP contribution in [0.2, 0.25) is 0 Å². The molecule has 0 aliphatic rings. The second kappa shape index (κ2) is 6.89. The van der Waals surface area contributed by atoms with Gasteiger partial charge in [0.25, 0.3) is 10.0 Å². The fourth-order valence-corrected chi connectivity index (χ4v) is 4.59. The van der Waals surface area contributed by atoms with Crippen LogP contribution in [0.5, 0.6) is 0 Å². The molecule has 0 N–H and O–H groups in total. The van der Waals surface area contributed by atoms with Crippen molar-refractivity contribution >= 4 is 32.2 Å². The van der Waals surface area contributed by atoms with Gasteiger partial charge in [-0.1, -0.05) is 66.2 Å². The zero-order valence-electron chi connectivity index (χ0n) is 14.9. The van der Waals surface area contributed by atoms with Crippen molar-refractivity contribution in [1.29, 1.82) is 0 Å². The van der Waals surface area contributed by atoms with Crippen LogP contribution in [-0.4, -0.2) is 8.42 Å². The van der Waals surface area contributed by atoms with Crippen molar-refractivity contribution in [3.05, 3.63) is 103 Å². The Labute approximate surface area is 159 Å². The Morgan fingerprint density at radius 1 is 0.630 bits per heavy atom. The van der Waals surface area contributed by atoms with Crippen molar-refractivity contribution < 1.29 is 8.42 Å². The Hall–Kier alpha value is -3.11. The van der Waals surface area contributed by atoms with Gasteiger partial charge in [-0.2, -0.15) is 0 Å². The lowest BCUT2D eigenvalue weighted by Gasteiger charge is -2.25. The number of benzene rings is 4. The molecule has 3 nitrogen and oxygen atoms in total. The van der Waals surface area contributed by atoms with Crippen molar-refractivity contribution in [2.45, 2.75) is 11.8 Å². The third-order valence-electron chi connectivity index (χ3n) is 4.52. The summed E-state index contributed by atoms with van der Waals surface area (Å²) in [5, 5.41) is 2.07. The lowest BCUT2D eigenvalue weighted by atomic mass is 10.1. The fraction of sp³-hybridized carbons (Fsp3) is 0.0435. The number of hydrogen-bond acceptors (Lipinski definition) is 2. The van der Waals surface area contributed by atoms with Gasteiger partial charge in [-0.05, 0) is 54.1 Å². The number of sulfonamides is 1. The van der Waals surface area contributed by atoms with Gasteiger partial charge < -0.3 is 0 Å². The monoisotopic (exact) mass is 373 g/mol. The van der Waals surface area contributed by atoms with Crippen molar-refractivity contribution in [3.63, 3.8) is 0 Å². The van der Waals surface area contributed by atoms with E-state index in [1.165, 1.54) is 4.31 Å². The van der Waals surface area contributed by atoms with Crippen LogP contribution in [0.4, 0.5) is 11.4 Å². The Morgan fingerprint density at radius 3 is 1.96 bits per heavy atom. The van der Waals surface area contributed by atoms with Gasteiger partial charge in [-0.25, -0.2) is 12.7 Å². The molecule has 0 aliphatic heterocycles. The molecule has 4 aromatic rings. The summed E-state index contributed by atoms with van der Waals surface area (Å²) in [6.07, 6.45) is 0. The first kappa shape index (κ1) is 17.3. The highest BCUT2D eigenvalue weighted by Crippen LogP contribution is 2.34. The van der Waals surface area contributed by atoms with E-state index in [-0.39, 0.29) is 4.90 Å². The molecule has 4 aromatic carbocycles.